The Bertz CT molecular complexity index is 974. The monoisotopic (exact) mass is 376 g/mol. The van der Waals surface area contributed by atoms with E-state index in [2.05, 4.69) is 21.7 Å². The first-order chi connectivity index (χ1) is 13.1. The number of rotatable bonds is 4. The molecule has 136 valence electrons. The molecule has 0 aliphatic carbocycles. The minimum absolute atomic E-state index is 0.00941. The van der Waals surface area contributed by atoms with Gasteiger partial charge in [0.15, 0.2) is 5.78 Å². The molecule has 1 aromatic heterocycles. The number of fused-ring (bicyclic) bond motifs is 1. The highest BCUT2D eigenvalue weighted by Gasteiger charge is 2.17. The average Bonchev–Trinajstić information content (AvgIpc) is 3.16. The summed E-state index contributed by atoms with van der Waals surface area (Å²) < 4.78 is 0. The zero-order valence-electron chi connectivity index (χ0n) is 15.1. The lowest BCUT2D eigenvalue weighted by Gasteiger charge is -2.29. The number of benzene rings is 2. The molecule has 4 nitrogen and oxygen atoms in total. The highest BCUT2D eigenvalue weighted by Crippen LogP contribution is 2.28. The number of Topliss-reactive ketones (excluding diaryl/α,β-unsaturated/α-hetero) is 1. The van der Waals surface area contributed by atoms with E-state index in [0.29, 0.717) is 11.1 Å². The van der Waals surface area contributed by atoms with Crippen molar-refractivity contribution in [1.82, 2.24) is 0 Å². The molecule has 0 unspecified atom stereocenters. The maximum Gasteiger partial charge on any atom is 0.255 e. The third-order valence-corrected chi connectivity index (χ3v) is 5.87. The van der Waals surface area contributed by atoms with E-state index in [0.717, 1.165) is 30.9 Å². The van der Waals surface area contributed by atoms with Crippen LogP contribution in [-0.2, 0) is 13.0 Å². The summed E-state index contributed by atoms with van der Waals surface area (Å²) in [6.07, 6.45) is 1.09. The minimum atomic E-state index is -0.182. The molecule has 0 saturated carbocycles. The molecule has 1 aliphatic rings. The lowest BCUT2D eigenvalue weighted by molar-refractivity contribution is 0.101. The summed E-state index contributed by atoms with van der Waals surface area (Å²) in [4.78, 5) is 27.6. The number of nitrogens with one attached hydrogen (secondary N) is 1. The molecule has 0 bridgehead atoms. The maximum atomic E-state index is 12.4. The van der Waals surface area contributed by atoms with Gasteiger partial charge in [0.05, 0.1) is 0 Å². The minimum Gasteiger partial charge on any atom is -0.367 e. The Morgan fingerprint density at radius 2 is 1.67 bits per heavy atom. The van der Waals surface area contributed by atoms with Crippen LogP contribution in [-0.4, -0.2) is 18.2 Å². The number of thiophene rings is 1. The second-order valence-electron chi connectivity index (χ2n) is 6.68. The molecular weight excluding hydrogens is 356 g/mol. The lowest BCUT2D eigenvalue weighted by atomic mass is 10.1. The molecule has 0 atom stereocenters. The number of anilines is 2. The van der Waals surface area contributed by atoms with Crippen LogP contribution in [0.25, 0.3) is 0 Å². The number of carbonyl (C=O) groups excluding carboxylic acids is 2. The third-order valence-electron chi connectivity index (χ3n) is 4.85. The first-order valence-corrected chi connectivity index (χ1v) is 9.81. The molecule has 1 amide bonds. The lowest BCUT2D eigenvalue weighted by Crippen LogP contribution is -2.29. The van der Waals surface area contributed by atoms with E-state index >= 15 is 0 Å². The number of hydrogen-bond donors (Lipinski definition) is 1. The summed E-state index contributed by atoms with van der Waals surface area (Å²) in [5, 5.41) is 5.07. The van der Waals surface area contributed by atoms with Gasteiger partial charge in [-0.05, 0) is 66.8 Å². The molecule has 27 heavy (non-hydrogen) atoms. The van der Waals surface area contributed by atoms with Crippen molar-refractivity contribution in [2.24, 2.45) is 0 Å². The molecular formula is C22H20N2O2S. The second kappa shape index (κ2) is 7.37. The van der Waals surface area contributed by atoms with E-state index in [1.54, 1.807) is 24.3 Å². The van der Waals surface area contributed by atoms with Gasteiger partial charge in [-0.2, -0.15) is 0 Å². The average molecular weight is 376 g/mol. The third kappa shape index (κ3) is 3.78. The van der Waals surface area contributed by atoms with E-state index in [9.17, 15) is 9.59 Å². The summed E-state index contributed by atoms with van der Waals surface area (Å²) in [5.41, 5.74) is 4.47. The van der Waals surface area contributed by atoms with Crippen molar-refractivity contribution in [2.75, 3.05) is 16.8 Å². The molecule has 1 aliphatic heterocycles. The summed E-state index contributed by atoms with van der Waals surface area (Å²) in [5.74, 6) is -0.191. The Morgan fingerprint density at radius 3 is 2.37 bits per heavy atom. The predicted molar refractivity (Wildman–Crippen MR) is 110 cm³/mol. The smallest absolute Gasteiger partial charge is 0.255 e. The highest BCUT2D eigenvalue weighted by atomic mass is 32.1. The quantitative estimate of drug-likeness (QED) is 0.668. The van der Waals surface area contributed by atoms with Crippen LogP contribution >= 0.6 is 11.3 Å². The number of nitrogens with zero attached hydrogens (tertiary/aromatic N) is 1. The Labute approximate surface area is 162 Å². The zero-order valence-corrected chi connectivity index (χ0v) is 15.9. The summed E-state index contributed by atoms with van der Waals surface area (Å²) >= 11 is 1.84. The summed E-state index contributed by atoms with van der Waals surface area (Å²) in [6, 6.07) is 16.9. The largest absolute Gasteiger partial charge is 0.367 e. The molecule has 5 heteroatoms. The van der Waals surface area contributed by atoms with Crippen LogP contribution in [0.1, 0.15) is 38.1 Å². The fourth-order valence-corrected chi connectivity index (χ4v) is 4.17. The van der Waals surface area contributed by atoms with Crippen molar-refractivity contribution >= 4 is 34.4 Å². The van der Waals surface area contributed by atoms with Crippen molar-refractivity contribution in [3.63, 3.8) is 0 Å². The predicted octanol–water partition coefficient (Wildman–Crippen LogP) is 4.77. The van der Waals surface area contributed by atoms with Gasteiger partial charge in [0.2, 0.25) is 0 Å². The fourth-order valence-electron chi connectivity index (χ4n) is 3.28. The fraction of sp³-hybridized carbons (Fsp3) is 0.182. The molecule has 1 N–H and O–H groups in total. The van der Waals surface area contributed by atoms with Crippen molar-refractivity contribution < 1.29 is 9.59 Å². The zero-order chi connectivity index (χ0) is 18.8. The van der Waals surface area contributed by atoms with Crippen LogP contribution in [0.3, 0.4) is 0 Å². The van der Waals surface area contributed by atoms with Crippen LogP contribution in [0.2, 0.25) is 0 Å². The van der Waals surface area contributed by atoms with E-state index in [4.69, 9.17) is 0 Å². The van der Waals surface area contributed by atoms with Crippen molar-refractivity contribution in [3.05, 3.63) is 81.5 Å². The van der Waals surface area contributed by atoms with Gasteiger partial charge in [0.1, 0.15) is 0 Å². The summed E-state index contributed by atoms with van der Waals surface area (Å²) in [7, 11) is 0. The van der Waals surface area contributed by atoms with Gasteiger partial charge >= 0.3 is 0 Å². The molecule has 2 heterocycles. The standard InChI is InChI=1S/C22H20N2O2S/c1-15(25)16-2-4-17(5-3-16)22(26)23-19-6-8-20(9-7-19)24-12-10-21-18(14-24)11-13-27-21/h2-9,11,13H,10,12,14H2,1H3,(H,23,26). The van der Waals surface area contributed by atoms with Crippen LogP contribution in [0.4, 0.5) is 11.4 Å². The van der Waals surface area contributed by atoms with E-state index in [1.165, 1.54) is 17.4 Å². The number of amides is 1. The molecule has 0 radical (unpaired) electrons. The van der Waals surface area contributed by atoms with E-state index in [-0.39, 0.29) is 11.7 Å². The molecule has 3 aromatic rings. The Morgan fingerprint density at radius 1 is 0.963 bits per heavy atom. The van der Waals surface area contributed by atoms with Gasteiger partial charge in [-0.3, -0.25) is 9.59 Å². The maximum absolute atomic E-state index is 12.4. The van der Waals surface area contributed by atoms with Crippen LogP contribution < -0.4 is 10.2 Å². The van der Waals surface area contributed by atoms with Gasteiger partial charge < -0.3 is 10.2 Å². The van der Waals surface area contributed by atoms with Gasteiger partial charge in [0, 0.05) is 40.5 Å². The summed E-state index contributed by atoms with van der Waals surface area (Å²) in [6.45, 7) is 3.47. The molecule has 0 saturated heterocycles. The first-order valence-electron chi connectivity index (χ1n) is 8.93. The first kappa shape index (κ1) is 17.5. The van der Waals surface area contributed by atoms with Crippen molar-refractivity contribution in [1.29, 1.82) is 0 Å². The Kier molecular flexibility index (Phi) is 4.77. The van der Waals surface area contributed by atoms with Crippen molar-refractivity contribution in [2.45, 2.75) is 19.9 Å². The molecule has 4 rings (SSSR count). The van der Waals surface area contributed by atoms with E-state index < -0.39 is 0 Å². The Balaban J connectivity index is 1.42. The second-order valence-corrected chi connectivity index (χ2v) is 7.68. The van der Waals surface area contributed by atoms with Gasteiger partial charge in [-0.25, -0.2) is 0 Å². The van der Waals surface area contributed by atoms with Gasteiger partial charge in [-0.15, -0.1) is 11.3 Å². The highest BCUT2D eigenvalue weighted by molar-refractivity contribution is 7.10. The van der Waals surface area contributed by atoms with Crippen LogP contribution in [0.15, 0.2) is 60.0 Å². The topological polar surface area (TPSA) is 49.4 Å². The number of ketones is 1. The SMILES string of the molecule is CC(=O)c1ccc(C(=O)Nc2ccc(N3CCc4sccc4C3)cc2)cc1. The molecule has 0 spiro atoms. The molecule has 2 aromatic carbocycles. The van der Waals surface area contributed by atoms with Crippen LogP contribution in [0, 0.1) is 0 Å². The van der Waals surface area contributed by atoms with E-state index in [1.807, 2.05) is 35.6 Å². The van der Waals surface area contributed by atoms with Gasteiger partial charge in [0.25, 0.3) is 5.91 Å². The molecule has 0 fully saturated rings. The number of carbonyl (C=O) groups is 2. The Hall–Kier alpha value is -2.92. The van der Waals surface area contributed by atoms with Crippen LogP contribution in [0.5, 0.6) is 0 Å². The van der Waals surface area contributed by atoms with Crippen molar-refractivity contribution in [3.8, 4) is 0 Å². The normalized spacial score (nSPS) is 13.1. The number of hydrogen-bond acceptors (Lipinski definition) is 4. The van der Waals surface area contributed by atoms with Gasteiger partial charge in [-0.1, -0.05) is 12.1 Å².